The molecule has 1 aliphatic heterocycles. The Balaban J connectivity index is 1.67. The standard InChI is InChI=1S/C28H37N5O4S/c1-4-38(35,36)31-28(34)24-18-23(20-10-12-21(13-11-20)32-14-16-37-17-15-32)25-26(19(2)3)30-33(27(25)29-24)22-8-6-5-7-9-22/h10-13,18-19,22H,4-9,14-17H2,1-3H3,(H,31,34). The molecule has 2 aromatic heterocycles. The molecule has 1 aromatic carbocycles. The van der Waals surface area contributed by atoms with Crippen molar-refractivity contribution >= 4 is 32.7 Å². The molecule has 204 valence electrons. The van der Waals surface area contributed by atoms with Gasteiger partial charge in [-0.15, -0.1) is 0 Å². The minimum Gasteiger partial charge on any atom is -0.378 e. The van der Waals surface area contributed by atoms with Crippen molar-refractivity contribution in [3.8, 4) is 11.1 Å². The minimum atomic E-state index is -3.73. The number of hydrogen-bond acceptors (Lipinski definition) is 7. The maximum absolute atomic E-state index is 13.1. The third-order valence-electron chi connectivity index (χ3n) is 7.57. The van der Waals surface area contributed by atoms with Crippen molar-refractivity contribution in [1.29, 1.82) is 0 Å². The number of fused-ring (bicyclic) bond motifs is 1. The SMILES string of the molecule is CCS(=O)(=O)NC(=O)c1cc(-c2ccc(N3CCOCC3)cc2)c2c(C(C)C)nn(C3CCCCC3)c2n1. The maximum Gasteiger partial charge on any atom is 0.283 e. The Morgan fingerprint density at radius 1 is 1.11 bits per heavy atom. The van der Waals surface area contributed by atoms with Crippen molar-refractivity contribution in [1.82, 2.24) is 19.5 Å². The normalized spacial score (nSPS) is 17.3. The van der Waals surface area contributed by atoms with E-state index in [4.69, 9.17) is 14.8 Å². The number of rotatable bonds is 7. The summed E-state index contributed by atoms with van der Waals surface area (Å²) in [4.78, 5) is 20.2. The van der Waals surface area contributed by atoms with Gasteiger partial charge in [-0.25, -0.2) is 22.8 Å². The molecule has 1 aliphatic carbocycles. The van der Waals surface area contributed by atoms with Crippen molar-refractivity contribution in [3.05, 3.63) is 41.7 Å². The molecule has 5 rings (SSSR count). The van der Waals surface area contributed by atoms with Gasteiger partial charge in [0.25, 0.3) is 5.91 Å². The molecule has 1 amide bonds. The van der Waals surface area contributed by atoms with Crippen molar-refractivity contribution in [2.75, 3.05) is 37.0 Å². The van der Waals surface area contributed by atoms with E-state index in [2.05, 4.69) is 47.7 Å². The van der Waals surface area contributed by atoms with E-state index >= 15 is 0 Å². The zero-order valence-corrected chi connectivity index (χ0v) is 23.3. The van der Waals surface area contributed by atoms with Crippen LogP contribution in [0, 0.1) is 0 Å². The van der Waals surface area contributed by atoms with Gasteiger partial charge < -0.3 is 9.64 Å². The van der Waals surface area contributed by atoms with Gasteiger partial charge >= 0.3 is 0 Å². The summed E-state index contributed by atoms with van der Waals surface area (Å²) in [5.74, 6) is -0.757. The number of carbonyl (C=O) groups excluding carboxylic acids is 1. The summed E-state index contributed by atoms with van der Waals surface area (Å²) in [6, 6.07) is 10.2. The highest BCUT2D eigenvalue weighted by atomic mass is 32.2. The number of amides is 1. The van der Waals surface area contributed by atoms with E-state index < -0.39 is 15.9 Å². The Bertz CT molecular complexity index is 1400. The van der Waals surface area contributed by atoms with Crippen molar-refractivity contribution in [2.45, 2.75) is 64.8 Å². The molecular formula is C28H37N5O4S. The van der Waals surface area contributed by atoms with Crippen LogP contribution in [0.2, 0.25) is 0 Å². The molecule has 1 N–H and O–H groups in total. The van der Waals surface area contributed by atoms with Gasteiger partial charge in [-0.1, -0.05) is 45.2 Å². The molecule has 1 saturated carbocycles. The van der Waals surface area contributed by atoms with Gasteiger partial charge in [0.1, 0.15) is 5.69 Å². The minimum absolute atomic E-state index is 0.0778. The number of anilines is 1. The molecule has 38 heavy (non-hydrogen) atoms. The van der Waals surface area contributed by atoms with Crippen molar-refractivity contribution in [2.24, 2.45) is 0 Å². The fourth-order valence-electron chi connectivity index (χ4n) is 5.43. The Labute approximate surface area is 224 Å². The van der Waals surface area contributed by atoms with Gasteiger partial charge in [0.15, 0.2) is 5.65 Å². The number of benzene rings is 1. The number of ether oxygens (including phenoxy) is 1. The summed E-state index contributed by atoms with van der Waals surface area (Å²) < 4.78 is 34.1. The van der Waals surface area contributed by atoms with E-state index in [-0.39, 0.29) is 23.4 Å². The first-order valence-corrected chi connectivity index (χ1v) is 15.3. The fraction of sp³-hybridized carbons (Fsp3) is 0.536. The molecule has 3 heterocycles. The number of pyridine rings is 1. The number of sulfonamides is 1. The first kappa shape index (κ1) is 26.6. The fourth-order valence-corrected chi connectivity index (χ4v) is 5.96. The highest BCUT2D eigenvalue weighted by Gasteiger charge is 2.27. The van der Waals surface area contributed by atoms with Crippen LogP contribution < -0.4 is 9.62 Å². The molecular weight excluding hydrogens is 502 g/mol. The Morgan fingerprint density at radius 2 is 1.79 bits per heavy atom. The molecule has 0 bridgehead atoms. The molecule has 1 saturated heterocycles. The highest BCUT2D eigenvalue weighted by Crippen LogP contribution is 2.38. The summed E-state index contributed by atoms with van der Waals surface area (Å²) >= 11 is 0. The highest BCUT2D eigenvalue weighted by molar-refractivity contribution is 7.90. The van der Waals surface area contributed by atoms with E-state index in [9.17, 15) is 13.2 Å². The second kappa shape index (κ2) is 11.0. The average molecular weight is 540 g/mol. The van der Waals surface area contributed by atoms with Crippen LogP contribution in [0.15, 0.2) is 30.3 Å². The summed E-state index contributed by atoms with van der Waals surface area (Å²) in [5, 5.41) is 5.99. The topological polar surface area (TPSA) is 106 Å². The van der Waals surface area contributed by atoms with E-state index in [0.29, 0.717) is 18.9 Å². The van der Waals surface area contributed by atoms with E-state index in [0.717, 1.165) is 66.7 Å². The van der Waals surface area contributed by atoms with Gasteiger partial charge in [-0.05, 0) is 55.0 Å². The summed E-state index contributed by atoms with van der Waals surface area (Å²) in [6.45, 7) is 8.86. The molecule has 0 radical (unpaired) electrons. The predicted octanol–water partition coefficient (Wildman–Crippen LogP) is 4.64. The predicted molar refractivity (Wildman–Crippen MR) is 149 cm³/mol. The molecule has 2 aliphatic rings. The van der Waals surface area contributed by atoms with Crippen LogP contribution in [0.3, 0.4) is 0 Å². The smallest absolute Gasteiger partial charge is 0.283 e. The van der Waals surface area contributed by atoms with Gasteiger partial charge in [0.05, 0.1) is 36.1 Å². The largest absolute Gasteiger partial charge is 0.378 e. The van der Waals surface area contributed by atoms with E-state index in [1.807, 2.05) is 4.68 Å². The van der Waals surface area contributed by atoms with Gasteiger partial charge in [0.2, 0.25) is 10.0 Å². The summed E-state index contributed by atoms with van der Waals surface area (Å²) in [7, 11) is -3.73. The number of carbonyl (C=O) groups is 1. The third kappa shape index (κ3) is 5.42. The van der Waals surface area contributed by atoms with Crippen molar-refractivity contribution in [3.63, 3.8) is 0 Å². The molecule has 3 aromatic rings. The summed E-state index contributed by atoms with van der Waals surface area (Å²) in [5.41, 5.74) is 4.57. The van der Waals surface area contributed by atoms with Gasteiger partial charge in [-0.3, -0.25) is 4.79 Å². The molecule has 0 unspecified atom stereocenters. The van der Waals surface area contributed by atoms with Gasteiger partial charge in [-0.2, -0.15) is 5.10 Å². The van der Waals surface area contributed by atoms with Crippen LogP contribution in [0.4, 0.5) is 5.69 Å². The lowest BCUT2D eigenvalue weighted by atomic mass is 9.95. The summed E-state index contributed by atoms with van der Waals surface area (Å²) in [6.07, 6.45) is 5.51. The first-order chi connectivity index (χ1) is 18.3. The van der Waals surface area contributed by atoms with Crippen LogP contribution in [-0.4, -0.2) is 61.1 Å². The average Bonchev–Trinajstić information content (AvgIpc) is 3.33. The molecule has 0 spiro atoms. The van der Waals surface area contributed by atoms with Crippen LogP contribution >= 0.6 is 0 Å². The Morgan fingerprint density at radius 3 is 2.42 bits per heavy atom. The third-order valence-corrected chi connectivity index (χ3v) is 8.83. The second-order valence-corrected chi connectivity index (χ2v) is 12.5. The number of nitrogens with one attached hydrogen (secondary N) is 1. The lowest BCUT2D eigenvalue weighted by Gasteiger charge is -2.29. The zero-order valence-electron chi connectivity index (χ0n) is 22.4. The first-order valence-electron chi connectivity index (χ1n) is 13.7. The molecule has 2 fully saturated rings. The van der Waals surface area contributed by atoms with Crippen LogP contribution in [-0.2, 0) is 14.8 Å². The number of aromatic nitrogens is 3. The lowest BCUT2D eigenvalue weighted by molar-refractivity contribution is 0.0977. The number of nitrogens with zero attached hydrogens (tertiary/aromatic N) is 4. The zero-order chi connectivity index (χ0) is 26.9. The monoisotopic (exact) mass is 539 g/mol. The van der Waals surface area contributed by atoms with Gasteiger partial charge in [0, 0.05) is 18.8 Å². The Kier molecular flexibility index (Phi) is 7.72. The van der Waals surface area contributed by atoms with E-state index in [1.54, 1.807) is 6.07 Å². The van der Waals surface area contributed by atoms with Crippen LogP contribution in [0.25, 0.3) is 22.2 Å². The van der Waals surface area contributed by atoms with Crippen molar-refractivity contribution < 1.29 is 17.9 Å². The van der Waals surface area contributed by atoms with Crippen LogP contribution in [0.5, 0.6) is 0 Å². The Hall–Kier alpha value is -2.98. The quantitative estimate of drug-likeness (QED) is 0.466. The van der Waals surface area contributed by atoms with E-state index in [1.165, 1.54) is 13.3 Å². The molecule has 10 heteroatoms. The molecule has 0 atom stereocenters. The van der Waals surface area contributed by atoms with Crippen LogP contribution in [0.1, 0.15) is 81.0 Å². The molecule has 9 nitrogen and oxygen atoms in total. The number of hydrogen-bond donors (Lipinski definition) is 1. The maximum atomic E-state index is 13.1. The lowest BCUT2D eigenvalue weighted by Crippen LogP contribution is -2.36. The number of morpholine rings is 1. The second-order valence-electron chi connectivity index (χ2n) is 10.5.